The van der Waals surface area contributed by atoms with Crippen LogP contribution in [0.1, 0.15) is 0 Å². The molecule has 0 amide bonds. The largest absolute Gasteiger partial charge is 0.223 e. The van der Waals surface area contributed by atoms with Crippen molar-refractivity contribution in [3.63, 3.8) is 0 Å². The molecule has 0 unspecified atom stereocenters. The predicted molar refractivity (Wildman–Crippen MR) is 45.0 cm³/mol. The molecule has 13 heavy (non-hydrogen) atoms. The van der Waals surface area contributed by atoms with Crippen molar-refractivity contribution in [2.24, 2.45) is 7.05 Å². The Hall–Kier alpha value is -1.50. The highest BCUT2D eigenvalue weighted by molar-refractivity contribution is 7.99. The Morgan fingerprint density at radius 3 is 2.92 bits per heavy atom. The molecule has 2 heterocycles. The van der Waals surface area contributed by atoms with E-state index in [0.717, 1.165) is 5.03 Å². The minimum Gasteiger partial charge on any atom is -0.223 e. The average molecular weight is 194 g/mol. The fourth-order valence-electron chi connectivity index (χ4n) is 0.743. The third kappa shape index (κ3) is 1.81. The lowest BCUT2D eigenvalue weighted by atomic mass is 10.6. The Labute approximate surface area is 78.4 Å². The van der Waals surface area contributed by atoms with E-state index in [1.165, 1.54) is 11.8 Å². The zero-order valence-electron chi connectivity index (χ0n) is 6.82. The van der Waals surface area contributed by atoms with Crippen LogP contribution in [-0.4, -0.2) is 30.4 Å². The van der Waals surface area contributed by atoms with Crippen LogP contribution in [0.2, 0.25) is 0 Å². The number of nitrogens with zero attached hydrogens (tertiary/aromatic N) is 6. The minimum absolute atomic E-state index is 0.695. The van der Waals surface area contributed by atoms with Crippen LogP contribution in [0.4, 0.5) is 0 Å². The summed E-state index contributed by atoms with van der Waals surface area (Å²) in [6, 6.07) is 3.67. The predicted octanol–water partition coefficient (Wildman–Crippen LogP) is 0.151. The van der Waals surface area contributed by atoms with Crippen LogP contribution in [0.25, 0.3) is 0 Å². The first kappa shape index (κ1) is 8.11. The number of hydrogen-bond acceptors (Lipinski definition) is 6. The lowest BCUT2D eigenvalue weighted by Gasteiger charge is -1.95. The third-order valence-electron chi connectivity index (χ3n) is 1.32. The summed E-state index contributed by atoms with van der Waals surface area (Å²) < 4.78 is 1.58. The van der Waals surface area contributed by atoms with Gasteiger partial charge in [-0.1, -0.05) is 0 Å². The Balaban J connectivity index is 2.20. The first-order valence-corrected chi connectivity index (χ1v) is 4.36. The molecule has 2 rings (SSSR count). The van der Waals surface area contributed by atoms with Gasteiger partial charge in [-0.05, 0) is 34.3 Å². The van der Waals surface area contributed by atoms with E-state index in [4.69, 9.17) is 0 Å². The van der Waals surface area contributed by atoms with Gasteiger partial charge >= 0.3 is 0 Å². The van der Waals surface area contributed by atoms with Gasteiger partial charge in [-0.2, -0.15) is 5.10 Å². The Morgan fingerprint density at radius 2 is 2.31 bits per heavy atom. The molecule has 0 aliphatic heterocycles. The number of aromatic nitrogens is 6. The summed E-state index contributed by atoms with van der Waals surface area (Å²) in [5.74, 6) is 0. The maximum absolute atomic E-state index is 3.90. The summed E-state index contributed by atoms with van der Waals surface area (Å²) >= 11 is 1.37. The van der Waals surface area contributed by atoms with E-state index in [-0.39, 0.29) is 0 Å². The Kier molecular flexibility index (Phi) is 2.17. The van der Waals surface area contributed by atoms with Gasteiger partial charge in [0.1, 0.15) is 5.03 Å². The molecule has 0 fully saturated rings. The normalized spacial score (nSPS) is 10.2. The van der Waals surface area contributed by atoms with E-state index >= 15 is 0 Å². The quantitative estimate of drug-likeness (QED) is 0.677. The molecule has 0 atom stereocenters. The highest BCUT2D eigenvalue weighted by atomic mass is 32.2. The molecule has 0 aliphatic rings. The van der Waals surface area contributed by atoms with Gasteiger partial charge in [0.15, 0.2) is 0 Å². The zero-order valence-corrected chi connectivity index (χ0v) is 7.64. The number of hydrogen-bond donors (Lipinski definition) is 0. The van der Waals surface area contributed by atoms with E-state index in [1.807, 2.05) is 12.1 Å². The summed E-state index contributed by atoms with van der Waals surface area (Å²) in [6.45, 7) is 0. The van der Waals surface area contributed by atoms with E-state index in [2.05, 4.69) is 25.7 Å². The van der Waals surface area contributed by atoms with Crippen LogP contribution >= 0.6 is 11.8 Å². The van der Waals surface area contributed by atoms with Crippen molar-refractivity contribution in [1.29, 1.82) is 0 Å². The monoisotopic (exact) mass is 194 g/mol. The summed E-state index contributed by atoms with van der Waals surface area (Å²) in [5, 5.41) is 20.1. The van der Waals surface area contributed by atoms with Gasteiger partial charge in [0, 0.05) is 13.2 Å². The lowest BCUT2D eigenvalue weighted by Crippen LogP contribution is -1.93. The van der Waals surface area contributed by atoms with Crippen LogP contribution in [0.3, 0.4) is 0 Å². The molecule has 0 aromatic carbocycles. The summed E-state index contributed by atoms with van der Waals surface area (Å²) in [5.41, 5.74) is 0. The number of rotatable bonds is 2. The van der Waals surface area contributed by atoms with Crippen molar-refractivity contribution >= 4 is 11.8 Å². The molecular formula is C6H6N6S. The summed E-state index contributed by atoms with van der Waals surface area (Å²) in [6.07, 6.45) is 1.62. The molecule has 7 heteroatoms. The van der Waals surface area contributed by atoms with Gasteiger partial charge < -0.3 is 0 Å². The first-order chi connectivity index (χ1) is 6.36. The van der Waals surface area contributed by atoms with Crippen LogP contribution in [0.15, 0.2) is 28.5 Å². The van der Waals surface area contributed by atoms with E-state index < -0.39 is 0 Å². The van der Waals surface area contributed by atoms with Gasteiger partial charge in [-0.3, -0.25) is 0 Å². The van der Waals surface area contributed by atoms with E-state index in [1.54, 1.807) is 17.9 Å². The molecule has 0 spiro atoms. The van der Waals surface area contributed by atoms with Gasteiger partial charge in [-0.15, -0.1) is 10.2 Å². The van der Waals surface area contributed by atoms with Crippen LogP contribution < -0.4 is 0 Å². The molecular weight excluding hydrogens is 188 g/mol. The van der Waals surface area contributed by atoms with Gasteiger partial charge in [0.25, 0.3) is 0 Å². The second kappa shape index (κ2) is 3.48. The molecule has 0 saturated carbocycles. The second-order valence-corrected chi connectivity index (χ2v) is 3.24. The lowest BCUT2D eigenvalue weighted by molar-refractivity contribution is 0.664. The Bertz CT molecular complexity index is 385. The minimum atomic E-state index is 0.695. The fourth-order valence-corrected chi connectivity index (χ4v) is 1.41. The molecule has 0 bridgehead atoms. The zero-order chi connectivity index (χ0) is 9.10. The van der Waals surface area contributed by atoms with Crippen LogP contribution in [0, 0.1) is 0 Å². The van der Waals surface area contributed by atoms with Crippen molar-refractivity contribution in [1.82, 2.24) is 30.4 Å². The van der Waals surface area contributed by atoms with Crippen molar-refractivity contribution in [3.8, 4) is 0 Å². The summed E-state index contributed by atoms with van der Waals surface area (Å²) in [4.78, 5) is 0. The highest BCUT2D eigenvalue weighted by Gasteiger charge is 2.04. The molecule has 2 aromatic heterocycles. The molecule has 6 nitrogen and oxygen atoms in total. The summed E-state index contributed by atoms with van der Waals surface area (Å²) in [7, 11) is 1.78. The van der Waals surface area contributed by atoms with Crippen molar-refractivity contribution in [3.05, 3.63) is 18.3 Å². The number of tetrazole rings is 1. The van der Waals surface area contributed by atoms with Crippen molar-refractivity contribution in [2.75, 3.05) is 0 Å². The van der Waals surface area contributed by atoms with E-state index in [0.29, 0.717) is 5.16 Å². The molecule has 0 aliphatic carbocycles. The van der Waals surface area contributed by atoms with Gasteiger partial charge in [-0.25, -0.2) is 4.68 Å². The SMILES string of the molecule is Cn1nnnc1Sc1cccnn1. The van der Waals surface area contributed by atoms with Crippen LogP contribution in [-0.2, 0) is 7.05 Å². The smallest absolute Gasteiger partial charge is 0.215 e. The topological polar surface area (TPSA) is 69.4 Å². The highest BCUT2D eigenvalue weighted by Crippen LogP contribution is 2.20. The fraction of sp³-hybridized carbons (Fsp3) is 0.167. The van der Waals surface area contributed by atoms with Crippen molar-refractivity contribution in [2.45, 2.75) is 10.2 Å². The molecule has 0 radical (unpaired) electrons. The van der Waals surface area contributed by atoms with Gasteiger partial charge in [0.2, 0.25) is 5.16 Å². The Morgan fingerprint density at radius 1 is 1.38 bits per heavy atom. The maximum atomic E-state index is 3.90. The molecule has 2 aromatic rings. The van der Waals surface area contributed by atoms with Crippen LogP contribution in [0.5, 0.6) is 0 Å². The molecule has 66 valence electrons. The van der Waals surface area contributed by atoms with E-state index in [9.17, 15) is 0 Å². The van der Waals surface area contributed by atoms with Gasteiger partial charge in [0.05, 0.1) is 0 Å². The second-order valence-electron chi connectivity index (χ2n) is 2.25. The molecule has 0 N–H and O–H groups in total. The first-order valence-electron chi connectivity index (χ1n) is 3.54. The average Bonchev–Trinajstić information content (AvgIpc) is 2.54. The standard InChI is InChI=1S/C6H6N6S/c1-12-6(9-10-11-12)13-5-3-2-4-7-8-5/h2-4H,1H3. The molecule has 0 saturated heterocycles. The third-order valence-corrected chi connectivity index (χ3v) is 2.28. The maximum Gasteiger partial charge on any atom is 0.215 e. The number of aryl methyl sites for hydroxylation is 1. The van der Waals surface area contributed by atoms with Crippen molar-refractivity contribution < 1.29 is 0 Å².